The molecular weight excluding hydrogens is 342 g/mol. The van der Waals surface area contributed by atoms with Crippen molar-refractivity contribution >= 4 is 28.6 Å². The number of carbonyl (C=O) groups excluding carboxylic acids is 1. The van der Waals surface area contributed by atoms with Crippen molar-refractivity contribution in [1.82, 2.24) is 4.98 Å². The van der Waals surface area contributed by atoms with E-state index < -0.39 is 0 Å². The highest BCUT2D eigenvalue weighted by molar-refractivity contribution is 7.98. The lowest BCUT2D eigenvalue weighted by Crippen LogP contribution is -2.15. The van der Waals surface area contributed by atoms with Crippen LogP contribution in [-0.2, 0) is 24.2 Å². The summed E-state index contributed by atoms with van der Waals surface area (Å²) in [6.07, 6.45) is 6.13. The number of hydrogen-bond donors (Lipinski definition) is 0. The van der Waals surface area contributed by atoms with Crippen LogP contribution in [0.1, 0.15) is 40.0 Å². The molecule has 0 amide bonds. The van der Waals surface area contributed by atoms with Gasteiger partial charge in [0.2, 0.25) is 0 Å². The van der Waals surface area contributed by atoms with E-state index in [4.69, 9.17) is 9.72 Å². The topological polar surface area (TPSA) is 39.2 Å². The van der Waals surface area contributed by atoms with Crippen LogP contribution in [0.4, 0.5) is 0 Å². The van der Waals surface area contributed by atoms with Gasteiger partial charge in [0.05, 0.1) is 11.1 Å². The molecule has 0 radical (unpaired) electrons. The molecule has 0 fully saturated rings. The Morgan fingerprint density at radius 3 is 2.65 bits per heavy atom. The third kappa shape index (κ3) is 3.34. The van der Waals surface area contributed by atoms with Gasteiger partial charge in [-0.2, -0.15) is 0 Å². The SMILES string of the molecule is CSc1ccc(COC(=O)c2c3c(nc4ccccc24)CCCC3)cc1. The number of rotatable bonds is 4. The van der Waals surface area contributed by atoms with Crippen LogP contribution in [0.3, 0.4) is 0 Å². The molecule has 2 aromatic carbocycles. The van der Waals surface area contributed by atoms with Crippen molar-refractivity contribution in [2.45, 2.75) is 37.2 Å². The van der Waals surface area contributed by atoms with Gasteiger partial charge in [-0.25, -0.2) is 4.79 Å². The highest BCUT2D eigenvalue weighted by atomic mass is 32.2. The summed E-state index contributed by atoms with van der Waals surface area (Å²) in [6, 6.07) is 16.0. The Hall–Kier alpha value is -2.33. The van der Waals surface area contributed by atoms with Gasteiger partial charge < -0.3 is 4.74 Å². The number of para-hydroxylation sites is 1. The van der Waals surface area contributed by atoms with Crippen LogP contribution < -0.4 is 0 Å². The first-order valence-electron chi connectivity index (χ1n) is 8.97. The van der Waals surface area contributed by atoms with E-state index in [2.05, 4.69) is 12.1 Å². The second-order valence-corrected chi connectivity index (χ2v) is 7.44. The van der Waals surface area contributed by atoms with E-state index in [9.17, 15) is 4.79 Å². The minimum atomic E-state index is -0.240. The first-order valence-corrected chi connectivity index (χ1v) is 10.2. The molecule has 3 aromatic rings. The molecule has 0 atom stereocenters. The molecule has 0 aliphatic heterocycles. The number of esters is 1. The van der Waals surface area contributed by atoms with E-state index in [-0.39, 0.29) is 5.97 Å². The maximum absolute atomic E-state index is 13.0. The number of nitrogens with zero attached hydrogens (tertiary/aromatic N) is 1. The molecule has 1 aliphatic carbocycles. The van der Waals surface area contributed by atoms with Gasteiger partial charge in [-0.1, -0.05) is 30.3 Å². The largest absolute Gasteiger partial charge is 0.457 e. The summed E-state index contributed by atoms with van der Waals surface area (Å²) in [5.41, 5.74) is 4.74. The van der Waals surface area contributed by atoms with Gasteiger partial charge in [0.25, 0.3) is 0 Å². The average Bonchev–Trinajstić information content (AvgIpc) is 2.70. The van der Waals surface area contributed by atoms with Crippen LogP contribution in [0, 0.1) is 0 Å². The second kappa shape index (κ2) is 7.50. The summed E-state index contributed by atoms with van der Waals surface area (Å²) in [4.78, 5) is 19.0. The normalized spacial score (nSPS) is 13.4. The molecule has 4 rings (SSSR count). The van der Waals surface area contributed by atoms with Gasteiger partial charge in [0, 0.05) is 16.0 Å². The van der Waals surface area contributed by atoms with Crippen molar-refractivity contribution < 1.29 is 9.53 Å². The van der Waals surface area contributed by atoms with Crippen LogP contribution in [0.5, 0.6) is 0 Å². The van der Waals surface area contributed by atoms with Crippen LogP contribution in [-0.4, -0.2) is 17.2 Å². The molecule has 0 N–H and O–H groups in total. The average molecular weight is 363 g/mol. The lowest BCUT2D eigenvalue weighted by Gasteiger charge is -2.20. The summed E-state index contributed by atoms with van der Waals surface area (Å²) in [5.74, 6) is -0.240. The molecule has 26 heavy (non-hydrogen) atoms. The van der Waals surface area contributed by atoms with Gasteiger partial charge in [-0.15, -0.1) is 11.8 Å². The molecular formula is C22H21NO2S. The van der Waals surface area contributed by atoms with Gasteiger partial charge in [0.15, 0.2) is 0 Å². The number of fused-ring (bicyclic) bond motifs is 2. The predicted molar refractivity (Wildman–Crippen MR) is 106 cm³/mol. The van der Waals surface area contributed by atoms with Crippen molar-refractivity contribution in [3.05, 3.63) is 70.9 Å². The molecule has 4 heteroatoms. The molecule has 0 saturated carbocycles. The Labute approximate surface area is 157 Å². The van der Waals surface area contributed by atoms with E-state index in [0.717, 1.165) is 53.4 Å². The molecule has 0 bridgehead atoms. The summed E-state index contributed by atoms with van der Waals surface area (Å²) >= 11 is 1.70. The Morgan fingerprint density at radius 2 is 1.85 bits per heavy atom. The van der Waals surface area contributed by atoms with Crippen LogP contribution in [0.15, 0.2) is 53.4 Å². The Bertz CT molecular complexity index is 950. The minimum absolute atomic E-state index is 0.240. The predicted octanol–water partition coefficient (Wildman–Crippen LogP) is 5.19. The molecule has 1 aliphatic rings. The first kappa shape index (κ1) is 17.1. The van der Waals surface area contributed by atoms with E-state index in [0.29, 0.717) is 12.2 Å². The summed E-state index contributed by atoms with van der Waals surface area (Å²) < 4.78 is 5.69. The van der Waals surface area contributed by atoms with Crippen molar-refractivity contribution in [3.8, 4) is 0 Å². The van der Waals surface area contributed by atoms with E-state index in [1.165, 1.54) is 4.90 Å². The lowest BCUT2D eigenvalue weighted by molar-refractivity contribution is 0.0473. The molecule has 0 spiro atoms. The number of carbonyl (C=O) groups is 1. The second-order valence-electron chi connectivity index (χ2n) is 6.56. The first-order chi connectivity index (χ1) is 12.8. The lowest BCUT2D eigenvalue weighted by atomic mass is 9.90. The number of benzene rings is 2. The smallest absolute Gasteiger partial charge is 0.339 e. The van der Waals surface area contributed by atoms with Crippen molar-refractivity contribution in [1.29, 1.82) is 0 Å². The Morgan fingerprint density at radius 1 is 1.08 bits per heavy atom. The van der Waals surface area contributed by atoms with Crippen LogP contribution in [0.2, 0.25) is 0 Å². The van der Waals surface area contributed by atoms with E-state index in [1.807, 2.05) is 42.7 Å². The zero-order valence-electron chi connectivity index (χ0n) is 14.8. The molecule has 0 unspecified atom stereocenters. The standard InChI is InChI=1S/C22H21NO2S/c1-26-16-12-10-15(11-13-16)14-25-22(24)21-17-6-2-4-8-19(17)23-20-9-5-3-7-18(20)21/h2,4,6,8,10-13H,3,5,7,9,14H2,1H3. The highest BCUT2D eigenvalue weighted by Crippen LogP contribution is 2.30. The minimum Gasteiger partial charge on any atom is -0.457 e. The third-order valence-electron chi connectivity index (χ3n) is 4.90. The molecule has 1 aromatic heterocycles. The number of ether oxygens (including phenoxy) is 1. The number of aryl methyl sites for hydroxylation is 1. The fourth-order valence-electron chi connectivity index (χ4n) is 3.55. The third-order valence-corrected chi connectivity index (χ3v) is 5.65. The van der Waals surface area contributed by atoms with Crippen molar-refractivity contribution in [2.75, 3.05) is 6.26 Å². The highest BCUT2D eigenvalue weighted by Gasteiger charge is 2.23. The van der Waals surface area contributed by atoms with E-state index >= 15 is 0 Å². The molecule has 1 heterocycles. The van der Waals surface area contributed by atoms with Crippen LogP contribution >= 0.6 is 11.8 Å². The van der Waals surface area contributed by atoms with Gasteiger partial charge >= 0.3 is 5.97 Å². The maximum atomic E-state index is 13.0. The van der Waals surface area contributed by atoms with Gasteiger partial charge in [-0.3, -0.25) is 4.98 Å². The number of aromatic nitrogens is 1. The van der Waals surface area contributed by atoms with Crippen molar-refractivity contribution in [3.63, 3.8) is 0 Å². The Balaban J connectivity index is 1.65. The zero-order chi connectivity index (χ0) is 17.9. The Kier molecular flexibility index (Phi) is 4.93. The number of pyridine rings is 1. The van der Waals surface area contributed by atoms with Crippen LogP contribution in [0.25, 0.3) is 10.9 Å². The quantitative estimate of drug-likeness (QED) is 0.472. The van der Waals surface area contributed by atoms with Gasteiger partial charge in [-0.05, 0) is 61.3 Å². The van der Waals surface area contributed by atoms with Crippen molar-refractivity contribution in [2.24, 2.45) is 0 Å². The van der Waals surface area contributed by atoms with E-state index in [1.54, 1.807) is 11.8 Å². The number of hydrogen-bond acceptors (Lipinski definition) is 4. The van der Waals surface area contributed by atoms with Gasteiger partial charge in [0.1, 0.15) is 6.61 Å². The number of thioether (sulfide) groups is 1. The summed E-state index contributed by atoms with van der Waals surface area (Å²) in [5, 5.41) is 0.899. The molecule has 3 nitrogen and oxygen atoms in total. The fraction of sp³-hybridized carbons (Fsp3) is 0.273. The summed E-state index contributed by atoms with van der Waals surface area (Å²) in [6.45, 7) is 0.291. The maximum Gasteiger partial charge on any atom is 0.339 e. The monoisotopic (exact) mass is 363 g/mol. The molecule has 0 saturated heterocycles. The fourth-order valence-corrected chi connectivity index (χ4v) is 3.96. The molecule has 132 valence electrons. The summed E-state index contributed by atoms with van der Waals surface area (Å²) in [7, 11) is 0. The zero-order valence-corrected chi connectivity index (χ0v) is 15.6.